The van der Waals surface area contributed by atoms with Gasteiger partial charge in [-0.25, -0.2) is 8.42 Å². The van der Waals surface area contributed by atoms with Crippen LogP contribution in [0, 0.1) is 0 Å². The summed E-state index contributed by atoms with van der Waals surface area (Å²) in [6.07, 6.45) is -0.186. The van der Waals surface area contributed by atoms with Gasteiger partial charge in [-0.05, 0) is 0 Å². The molecule has 0 aromatic heterocycles. The van der Waals surface area contributed by atoms with E-state index in [0.717, 1.165) is 0 Å². The third kappa shape index (κ3) is 5.23. The SMILES string of the molecule is O=S(=O)([O-])OCC1CO1.[Li+]. The predicted octanol–water partition coefficient (Wildman–Crippen LogP) is -4.13. The summed E-state index contributed by atoms with van der Waals surface area (Å²) in [6, 6.07) is 0. The van der Waals surface area contributed by atoms with E-state index >= 15 is 0 Å². The molecule has 1 heterocycles. The van der Waals surface area contributed by atoms with Crippen molar-refractivity contribution in [3.05, 3.63) is 0 Å². The second-order valence-corrected chi connectivity index (χ2v) is 2.70. The Hall–Kier alpha value is 0.427. The smallest absolute Gasteiger partial charge is 0.726 e. The zero-order chi connectivity index (χ0) is 6.91. The molecule has 1 aliphatic heterocycles. The zero-order valence-corrected chi connectivity index (χ0v) is 6.26. The van der Waals surface area contributed by atoms with E-state index in [9.17, 15) is 13.0 Å². The molecule has 0 spiro atoms. The Morgan fingerprint density at radius 2 is 2.20 bits per heavy atom. The van der Waals surface area contributed by atoms with E-state index < -0.39 is 10.4 Å². The third-order valence-electron chi connectivity index (χ3n) is 0.801. The summed E-state index contributed by atoms with van der Waals surface area (Å²) in [5.74, 6) is 0. The Morgan fingerprint density at radius 3 is 2.50 bits per heavy atom. The minimum absolute atomic E-state index is 0. The van der Waals surface area contributed by atoms with E-state index in [4.69, 9.17) is 0 Å². The quantitative estimate of drug-likeness (QED) is 0.181. The average Bonchev–Trinajstić information content (AvgIpc) is 2.38. The van der Waals surface area contributed by atoms with Crippen LogP contribution in [0.25, 0.3) is 0 Å². The summed E-state index contributed by atoms with van der Waals surface area (Å²) in [7, 11) is -4.51. The van der Waals surface area contributed by atoms with Gasteiger partial charge in [0.2, 0.25) is 10.4 Å². The summed E-state index contributed by atoms with van der Waals surface area (Å²) >= 11 is 0. The Balaban J connectivity index is 0.000000810. The van der Waals surface area contributed by atoms with Gasteiger partial charge in [0, 0.05) is 0 Å². The van der Waals surface area contributed by atoms with Gasteiger partial charge in [0.25, 0.3) is 0 Å². The first kappa shape index (κ1) is 10.4. The Morgan fingerprint density at radius 1 is 1.70 bits per heavy atom. The van der Waals surface area contributed by atoms with Crippen molar-refractivity contribution in [2.24, 2.45) is 0 Å². The first-order chi connectivity index (χ1) is 4.08. The molecular weight excluding hydrogens is 155 g/mol. The van der Waals surface area contributed by atoms with Crippen molar-refractivity contribution in [2.45, 2.75) is 6.10 Å². The first-order valence-electron chi connectivity index (χ1n) is 2.30. The standard InChI is InChI=1S/C3H6O5S.Li/c4-9(5,6)8-2-3-1-7-3;/h3H,1-2H2,(H,4,5,6);/q;+1/p-1. The number of epoxide rings is 1. The van der Waals surface area contributed by atoms with Crippen LogP contribution < -0.4 is 18.9 Å². The van der Waals surface area contributed by atoms with E-state index in [2.05, 4.69) is 8.92 Å². The van der Waals surface area contributed by atoms with Gasteiger partial charge in [-0.15, -0.1) is 0 Å². The van der Waals surface area contributed by atoms with Gasteiger partial charge in [-0.3, -0.25) is 4.18 Å². The summed E-state index contributed by atoms with van der Waals surface area (Å²) < 4.78 is 37.6. The van der Waals surface area contributed by atoms with Crippen LogP contribution in [-0.4, -0.2) is 32.3 Å². The Bertz CT molecular complexity index is 183. The van der Waals surface area contributed by atoms with Gasteiger partial charge in [0.05, 0.1) is 13.2 Å². The van der Waals surface area contributed by atoms with Gasteiger partial charge in [0.15, 0.2) is 0 Å². The van der Waals surface area contributed by atoms with Crippen LogP contribution >= 0.6 is 0 Å². The van der Waals surface area contributed by atoms with Gasteiger partial charge in [-0.1, -0.05) is 0 Å². The molecule has 0 bridgehead atoms. The molecule has 1 fully saturated rings. The molecule has 54 valence electrons. The molecular formula is C3H5LiO5S. The van der Waals surface area contributed by atoms with E-state index in [1.54, 1.807) is 0 Å². The molecule has 7 heteroatoms. The van der Waals surface area contributed by atoms with E-state index in [0.29, 0.717) is 6.61 Å². The maximum atomic E-state index is 9.73. The zero-order valence-electron chi connectivity index (χ0n) is 5.44. The Kier molecular flexibility index (Phi) is 3.87. The van der Waals surface area contributed by atoms with Gasteiger partial charge < -0.3 is 9.29 Å². The van der Waals surface area contributed by atoms with Gasteiger partial charge in [0.1, 0.15) is 6.10 Å². The van der Waals surface area contributed by atoms with Crippen LogP contribution in [0.2, 0.25) is 0 Å². The molecule has 1 aliphatic rings. The molecule has 10 heavy (non-hydrogen) atoms. The first-order valence-corrected chi connectivity index (χ1v) is 3.63. The topological polar surface area (TPSA) is 79.0 Å². The van der Waals surface area contributed by atoms with Crippen molar-refractivity contribution < 1.29 is 40.8 Å². The normalized spacial score (nSPS) is 23.5. The number of hydrogen-bond acceptors (Lipinski definition) is 5. The van der Waals surface area contributed by atoms with Crippen molar-refractivity contribution in [3.8, 4) is 0 Å². The second-order valence-electron chi connectivity index (χ2n) is 1.65. The maximum Gasteiger partial charge on any atom is 1.00 e. The molecule has 0 aromatic carbocycles. The summed E-state index contributed by atoms with van der Waals surface area (Å²) in [5, 5.41) is 0. The van der Waals surface area contributed by atoms with E-state index in [1.165, 1.54) is 0 Å². The monoisotopic (exact) mass is 160 g/mol. The van der Waals surface area contributed by atoms with Crippen LogP contribution in [0.3, 0.4) is 0 Å². The molecule has 1 atom stereocenters. The summed E-state index contributed by atoms with van der Waals surface area (Å²) in [5.41, 5.74) is 0. The van der Waals surface area contributed by atoms with Crippen molar-refractivity contribution in [1.82, 2.24) is 0 Å². The second kappa shape index (κ2) is 3.71. The molecule has 0 aromatic rings. The maximum absolute atomic E-state index is 9.73. The summed E-state index contributed by atoms with van der Waals surface area (Å²) in [6.45, 7) is 0.335. The van der Waals surface area contributed by atoms with E-state index in [1.807, 2.05) is 0 Å². The van der Waals surface area contributed by atoms with Crippen molar-refractivity contribution in [2.75, 3.05) is 13.2 Å². The Labute approximate surface area is 70.8 Å². The van der Waals surface area contributed by atoms with Gasteiger partial charge >= 0.3 is 18.9 Å². The fourth-order valence-corrected chi connectivity index (χ4v) is 0.642. The van der Waals surface area contributed by atoms with Crippen LogP contribution in [0.15, 0.2) is 0 Å². The van der Waals surface area contributed by atoms with Crippen LogP contribution in [-0.2, 0) is 19.3 Å². The van der Waals surface area contributed by atoms with Crippen LogP contribution in [0.4, 0.5) is 0 Å². The molecule has 0 amide bonds. The predicted molar refractivity (Wildman–Crippen MR) is 25.4 cm³/mol. The van der Waals surface area contributed by atoms with E-state index in [-0.39, 0.29) is 31.6 Å². The average molecular weight is 160 g/mol. The van der Waals surface area contributed by atoms with Crippen LogP contribution in [0.1, 0.15) is 0 Å². The molecule has 0 N–H and O–H groups in total. The molecule has 1 rings (SSSR count). The molecule has 0 saturated carbocycles. The molecule has 0 radical (unpaired) electrons. The number of ether oxygens (including phenoxy) is 1. The largest absolute Gasteiger partial charge is 1.00 e. The molecule has 1 unspecified atom stereocenters. The molecule has 0 aliphatic carbocycles. The number of hydrogen-bond donors (Lipinski definition) is 0. The third-order valence-corrected chi connectivity index (χ3v) is 1.23. The van der Waals surface area contributed by atoms with Crippen molar-refractivity contribution in [1.29, 1.82) is 0 Å². The molecule has 5 nitrogen and oxygen atoms in total. The minimum atomic E-state index is -4.51. The van der Waals surface area contributed by atoms with Gasteiger partial charge in [-0.2, -0.15) is 0 Å². The fraction of sp³-hybridized carbons (Fsp3) is 1.00. The van der Waals surface area contributed by atoms with Crippen LogP contribution in [0.5, 0.6) is 0 Å². The fourth-order valence-electron chi connectivity index (χ4n) is 0.323. The summed E-state index contributed by atoms with van der Waals surface area (Å²) in [4.78, 5) is 0. The molecule has 1 saturated heterocycles. The van der Waals surface area contributed by atoms with Crippen molar-refractivity contribution >= 4 is 10.4 Å². The number of rotatable bonds is 3. The van der Waals surface area contributed by atoms with Crippen molar-refractivity contribution in [3.63, 3.8) is 0 Å². The minimum Gasteiger partial charge on any atom is -0.726 e.